The Balaban J connectivity index is 2.65. The SMILES string of the molecule is CCOC(=O)OC(=O)c1cc(Cl)ccn1. The van der Waals surface area contributed by atoms with Gasteiger partial charge in [0.1, 0.15) is 5.69 Å². The second-order valence-corrected chi connectivity index (χ2v) is 2.87. The van der Waals surface area contributed by atoms with Crippen molar-refractivity contribution in [1.82, 2.24) is 4.98 Å². The fraction of sp³-hybridized carbons (Fsp3) is 0.222. The van der Waals surface area contributed by atoms with Crippen molar-refractivity contribution in [3.8, 4) is 0 Å². The van der Waals surface area contributed by atoms with Crippen molar-refractivity contribution in [2.45, 2.75) is 6.92 Å². The molecule has 0 bridgehead atoms. The maximum atomic E-state index is 11.2. The van der Waals surface area contributed by atoms with Crippen LogP contribution in [0.2, 0.25) is 5.02 Å². The molecule has 0 aliphatic heterocycles. The summed E-state index contributed by atoms with van der Waals surface area (Å²) >= 11 is 5.62. The number of carbonyl (C=O) groups excluding carboxylic acids is 2. The van der Waals surface area contributed by atoms with Gasteiger partial charge in [-0.1, -0.05) is 11.6 Å². The van der Waals surface area contributed by atoms with Crippen LogP contribution in [0.25, 0.3) is 0 Å². The molecule has 6 heteroatoms. The van der Waals surface area contributed by atoms with Gasteiger partial charge >= 0.3 is 12.1 Å². The Kier molecular flexibility index (Phi) is 4.05. The topological polar surface area (TPSA) is 65.5 Å². The van der Waals surface area contributed by atoms with Crippen LogP contribution < -0.4 is 0 Å². The van der Waals surface area contributed by atoms with Crippen LogP contribution in [0, 0.1) is 0 Å². The summed E-state index contributed by atoms with van der Waals surface area (Å²) in [6.45, 7) is 1.73. The van der Waals surface area contributed by atoms with Crippen LogP contribution in [0.1, 0.15) is 17.4 Å². The Morgan fingerprint density at radius 3 is 2.87 bits per heavy atom. The van der Waals surface area contributed by atoms with E-state index in [1.165, 1.54) is 18.3 Å². The van der Waals surface area contributed by atoms with E-state index in [0.717, 1.165) is 0 Å². The third-order valence-corrected chi connectivity index (χ3v) is 1.60. The Bertz CT molecular complexity index is 380. The number of nitrogens with zero attached hydrogens (tertiary/aromatic N) is 1. The van der Waals surface area contributed by atoms with Crippen LogP contribution in [-0.2, 0) is 9.47 Å². The van der Waals surface area contributed by atoms with Crippen LogP contribution in [0.15, 0.2) is 18.3 Å². The number of esters is 1. The fourth-order valence-electron chi connectivity index (χ4n) is 0.792. The number of carbonyl (C=O) groups is 2. The summed E-state index contributed by atoms with van der Waals surface area (Å²) in [5, 5.41) is 0.334. The minimum absolute atomic E-state index is 0.0458. The first-order chi connectivity index (χ1) is 7.13. The van der Waals surface area contributed by atoms with Gasteiger partial charge in [-0.2, -0.15) is 0 Å². The molecule has 1 aromatic heterocycles. The molecule has 0 unspecified atom stereocenters. The number of aromatic nitrogens is 1. The lowest BCUT2D eigenvalue weighted by Gasteiger charge is -2.01. The van der Waals surface area contributed by atoms with E-state index < -0.39 is 12.1 Å². The second-order valence-electron chi connectivity index (χ2n) is 2.43. The van der Waals surface area contributed by atoms with Gasteiger partial charge < -0.3 is 9.47 Å². The summed E-state index contributed by atoms with van der Waals surface area (Å²) in [4.78, 5) is 25.7. The molecule has 0 aliphatic carbocycles. The van der Waals surface area contributed by atoms with Crippen LogP contribution in [-0.4, -0.2) is 23.7 Å². The Hall–Kier alpha value is -1.62. The first-order valence-corrected chi connectivity index (χ1v) is 4.51. The number of rotatable bonds is 2. The molecule has 0 saturated heterocycles. The molecule has 0 fully saturated rings. The molecule has 0 N–H and O–H groups in total. The Labute approximate surface area is 91.0 Å². The lowest BCUT2D eigenvalue weighted by Crippen LogP contribution is -2.14. The largest absolute Gasteiger partial charge is 0.516 e. The highest BCUT2D eigenvalue weighted by molar-refractivity contribution is 6.30. The van der Waals surface area contributed by atoms with E-state index in [1.807, 2.05) is 0 Å². The van der Waals surface area contributed by atoms with Gasteiger partial charge in [0.15, 0.2) is 0 Å². The number of halogens is 1. The Morgan fingerprint density at radius 2 is 2.27 bits per heavy atom. The van der Waals surface area contributed by atoms with E-state index in [0.29, 0.717) is 5.02 Å². The molecule has 0 amide bonds. The lowest BCUT2D eigenvalue weighted by atomic mass is 10.3. The molecule has 1 rings (SSSR count). The van der Waals surface area contributed by atoms with E-state index in [2.05, 4.69) is 14.5 Å². The van der Waals surface area contributed by atoms with E-state index in [9.17, 15) is 9.59 Å². The van der Waals surface area contributed by atoms with E-state index in [1.54, 1.807) is 6.92 Å². The summed E-state index contributed by atoms with van der Waals surface area (Å²) in [7, 11) is 0. The van der Waals surface area contributed by atoms with E-state index >= 15 is 0 Å². The molecule has 80 valence electrons. The Morgan fingerprint density at radius 1 is 1.53 bits per heavy atom. The smallest absolute Gasteiger partial charge is 0.434 e. The highest BCUT2D eigenvalue weighted by Gasteiger charge is 2.14. The van der Waals surface area contributed by atoms with Crippen molar-refractivity contribution in [2.24, 2.45) is 0 Å². The van der Waals surface area contributed by atoms with Crippen molar-refractivity contribution in [1.29, 1.82) is 0 Å². The molecule has 15 heavy (non-hydrogen) atoms. The zero-order valence-corrected chi connectivity index (χ0v) is 8.65. The molecule has 1 aromatic rings. The molecule has 1 heterocycles. The maximum Gasteiger partial charge on any atom is 0.516 e. The summed E-state index contributed by atoms with van der Waals surface area (Å²) in [5.41, 5.74) is -0.0458. The zero-order valence-electron chi connectivity index (χ0n) is 7.90. The standard InChI is InChI=1S/C9H8ClNO4/c1-2-14-9(13)15-8(12)7-5-6(10)3-4-11-7/h3-5H,2H2,1H3. The van der Waals surface area contributed by atoms with Crippen molar-refractivity contribution in [3.05, 3.63) is 29.0 Å². The third-order valence-electron chi connectivity index (χ3n) is 1.37. The van der Waals surface area contributed by atoms with Gasteiger partial charge in [-0.05, 0) is 19.1 Å². The van der Waals surface area contributed by atoms with Crippen molar-refractivity contribution >= 4 is 23.7 Å². The highest BCUT2D eigenvalue weighted by Crippen LogP contribution is 2.09. The molecule has 0 radical (unpaired) electrons. The van der Waals surface area contributed by atoms with Gasteiger partial charge in [-0.15, -0.1) is 0 Å². The molecule has 5 nitrogen and oxygen atoms in total. The van der Waals surface area contributed by atoms with E-state index in [-0.39, 0.29) is 12.3 Å². The summed E-state index contributed by atoms with van der Waals surface area (Å²) in [6.07, 6.45) is 0.286. The van der Waals surface area contributed by atoms with Crippen molar-refractivity contribution in [2.75, 3.05) is 6.61 Å². The first kappa shape index (κ1) is 11.5. The average molecular weight is 230 g/mol. The molecular formula is C9H8ClNO4. The lowest BCUT2D eigenvalue weighted by molar-refractivity contribution is 0.0396. The van der Waals surface area contributed by atoms with Crippen LogP contribution in [0.4, 0.5) is 4.79 Å². The van der Waals surface area contributed by atoms with Crippen LogP contribution in [0.3, 0.4) is 0 Å². The van der Waals surface area contributed by atoms with Gasteiger partial charge in [0.05, 0.1) is 6.61 Å². The first-order valence-electron chi connectivity index (χ1n) is 4.14. The molecule has 0 aliphatic rings. The van der Waals surface area contributed by atoms with Crippen molar-refractivity contribution in [3.63, 3.8) is 0 Å². The zero-order chi connectivity index (χ0) is 11.3. The number of pyridine rings is 1. The quantitative estimate of drug-likeness (QED) is 0.574. The van der Waals surface area contributed by atoms with Gasteiger partial charge in [-0.25, -0.2) is 14.6 Å². The van der Waals surface area contributed by atoms with Crippen LogP contribution in [0.5, 0.6) is 0 Å². The molecule has 0 spiro atoms. The summed E-state index contributed by atoms with van der Waals surface area (Å²) < 4.78 is 8.73. The molecule has 0 atom stereocenters. The number of ether oxygens (including phenoxy) is 2. The normalized spacial score (nSPS) is 9.47. The minimum Gasteiger partial charge on any atom is -0.434 e. The predicted molar refractivity (Wildman–Crippen MR) is 51.7 cm³/mol. The minimum atomic E-state index is -1.05. The van der Waals surface area contributed by atoms with Crippen molar-refractivity contribution < 1.29 is 19.1 Å². The van der Waals surface area contributed by atoms with Gasteiger partial charge in [0.2, 0.25) is 0 Å². The average Bonchev–Trinajstić information content (AvgIpc) is 2.18. The molecule has 0 aromatic carbocycles. The van der Waals surface area contributed by atoms with Gasteiger partial charge in [-0.3, -0.25) is 0 Å². The molecule has 0 saturated carbocycles. The second kappa shape index (κ2) is 5.31. The number of hydrogen-bond acceptors (Lipinski definition) is 5. The number of hydrogen-bond donors (Lipinski definition) is 0. The summed E-state index contributed by atoms with van der Waals surface area (Å²) in [5.74, 6) is -0.893. The third kappa shape index (κ3) is 3.55. The maximum absolute atomic E-state index is 11.2. The highest BCUT2D eigenvalue weighted by atomic mass is 35.5. The molecular weight excluding hydrogens is 222 g/mol. The summed E-state index contributed by atoms with van der Waals surface area (Å²) in [6, 6.07) is 2.80. The van der Waals surface area contributed by atoms with Gasteiger partial charge in [0.25, 0.3) is 0 Å². The van der Waals surface area contributed by atoms with Crippen LogP contribution >= 0.6 is 11.6 Å². The van der Waals surface area contributed by atoms with E-state index in [4.69, 9.17) is 11.6 Å². The monoisotopic (exact) mass is 229 g/mol. The fourth-order valence-corrected chi connectivity index (χ4v) is 0.951. The predicted octanol–water partition coefficient (Wildman–Crippen LogP) is 2.05. The van der Waals surface area contributed by atoms with Gasteiger partial charge in [0, 0.05) is 11.2 Å².